The van der Waals surface area contributed by atoms with Crippen molar-refractivity contribution >= 4 is 43.4 Å². The number of hydrogen-bond acceptors (Lipinski definition) is 4. The molecule has 0 radical (unpaired) electrons. The number of hydrogen-bond donors (Lipinski definition) is 1. The Morgan fingerprint density at radius 3 is 2.74 bits per heavy atom. The number of aryl methyl sites for hydroxylation is 1. The summed E-state index contributed by atoms with van der Waals surface area (Å²) in [5, 5.41) is -0.0941. The number of halogens is 2. The van der Waals surface area contributed by atoms with Crippen LogP contribution in [0.15, 0.2) is 40.0 Å². The summed E-state index contributed by atoms with van der Waals surface area (Å²) >= 11 is 8.96. The van der Waals surface area contributed by atoms with Crippen molar-refractivity contribution in [3.05, 3.63) is 45.8 Å². The molecule has 8 heteroatoms. The van der Waals surface area contributed by atoms with Crippen molar-refractivity contribution in [2.24, 2.45) is 0 Å². The Hall–Kier alpha value is -1.18. The lowest BCUT2D eigenvalue weighted by Crippen LogP contribution is -2.15. The zero-order valence-corrected chi connectivity index (χ0v) is 12.9. The van der Waals surface area contributed by atoms with Gasteiger partial charge in [0, 0.05) is 16.9 Å². The molecule has 100 valence electrons. The number of nitrogens with one attached hydrogen (secondary N) is 1. The van der Waals surface area contributed by atoms with Gasteiger partial charge in [0.2, 0.25) is 0 Å². The number of anilines is 1. The second-order valence-corrected chi connectivity index (χ2v) is 6.69. The summed E-state index contributed by atoms with van der Waals surface area (Å²) in [7, 11) is -3.82. The first kappa shape index (κ1) is 14.2. The van der Waals surface area contributed by atoms with Gasteiger partial charge in [0.1, 0.15) is 15.9 Å². The predicted molar refractivity (Wildman–Crippen MR) is 76.7 cm³/mol. The Morgan fingerprint density at radius 1 is 1.32 bits per heavy atom. The van der Waals surface area contributed by atoms with Gasteiger partial charge in [-0.3, -0.25) is 4.72 Å². The van der Waals surface area contributed by atoms with E-state index in [0.717, 1.165) is 5.56 Å². The predicted octanol–water partition coefficient (Wildman–Crippen LogP) is 3.00. The Bertz CT molecular complexity index is 722. The number of rotatable bonds is 3. The summed E-state index contributed by atoms with van der Waals surface area (Å²) in [6.45, 7) is 1.84. The molecule has 0 saturated carbocycles. The van der Waals surface area contributed by atoms with Crippen molar-refractivity contribution in [1.82, 2.24) is 9.97 Å². The van der Waals surface area contributed by atoms with Gasteiger partial charge in [0.25, 0.3) is 10.0 Å². The fraction of sp³-hybridized carbons (Fsp3) is 0.0909. The zero-order valence-electron chi connectivity index (χ0n) is 9.76. The maximum Gasteiger partial charge on any atom is 0.266 e. The van der Waals surface area contributed by atoms with Gasteiger partial charge in [0.05, 0.1) is 0 Å². The summed E-state index contributed by atoms with van der Waals surface area (Å²) in [4.78, 5) is 7.62. The van der Waals surface area contributed by atoms with Crippen molar-refractivity contribution in [1.29, 1.82) is 0 Å². The van der Waals surface area contributed by atoms with Crippen molar-refractivity contribution in [3.8, 4) is 0 Å². The SMILES string of the molecule is Cc1ccnc(NS(=O)(=O)c2cc(Br)cnc2Cl)c1. The van der Waals surface area contributed by atoms with Gasteiger partial charge in [-0.15, -0.1) is 0 Å². The quantitative estimate of drug-likeness (QED) is 0.852. The highest BCUT2D eigenvalue weighted by atomic mass is 79.9. The van der Waals surface area contributed by atoms with E-state index < -0.39 is 10.0 Å². The molecule has 0 saturated heterocycles. The molecule has 0 unspecified atom stereocenters. The van der Waals surface area contributed by atoms with Crippen LogP contribution in [0, 0.1) is 6.92 Å². The number of nitrogens with zero attached hydrogens (tertiary/aromatic N) is 2. The third-order valence-electron chi connectivity index (χ3n) is 2.22. The molecule has 0 spiro atoms. The van der Waals surface area contributed by atoms with Gasteiger partial charge in [-0.25, -0.2) is 18.4 Å². The monoisotopic (exact) mass is 361 g/mol. The van der Waals surface area contributed by atoms with Crippen molar-refractivity contribution in [2.75, 3.05) is 4.72 Å². The molecule has 2 aromatic rings. The molecule has 0 fully saturated rings. The minimum atomic E-state index is -3.82. The van der Waals surface area contributed by atoms with Gasteiger partial charge >= 0.3 is 0 Å². The second-order valence-electron chi connectivity index (χ2n) is 3.77. The van der Waals surface area contributed by atoms with Crippen LogP contribution < -0.4 is 4.72 Å². The maximum atomic E-state index is 12.2. The summed E-state index contributed by atoms with van der Waals surface area (Å²) in [5.41, 5.74) is 0.895. The van der Waals surface area contributed by atoms with Gasteiger partial charge in [0.15, 0.2) is 0 Å². The topological polar surface area (TPSA) is 72.0 Å². The van der Waals surface area contributed by atoms with E-state index in [1.165, 1.54) is 18.5 Å². The summed E-state index contributed by atoms with van der Waals surface area (Å²) < 4.78 is 27.3. The van der Waals surface area contributed by atoms with E-state index in [9.17, 15) is 8.42 Å². The Labute approximate surface area is 124 Å². The molecular formula is C11H9BrClN3O2S. The lowest BCUT2D eigenvalue weighted by molar-refractivity contribution is 0.600. The minimum absolute atomic E-state index is 0.0941. The number of pyridine rings is 2. The minimum Gasteiger partial charge on any atom is -0.263 e. The molecule has 2 rings (SSSR count). The molecule has 1 N–H and O–H groups in total. The molecule has 0 atom stereocenters. The van der Waals surface area contributed by atoms with E-state index in [1.807, 2.05) is 6.92 Å². The lowest BCUT2D eigenvalue weighted by atomic mass is 10.3. The third-order valence-corrected chi connectivity index (χ3v) is 4.43. The Morgan fingerprint density at radius 2 is 2.05 bits per heavy atom. The molecule has 19 heavy (non-hydrogen) atoms. The largest absolute Gasteiger partial charge is 0.266 e. The molecule has 2 aromatic heterocycles. The smallest absolute Gasteiger partial charge is 0.263 e. The van der Waals surface area contributed by atoms with E-state index >= 15 is 0 Å². The van der Waals surface area contributed by atoms with Crippen LogP contribution in [0.25, 0.3) is 0 Å². The van der Waals surface area contributed by atoms with Crippen LogP contribution in [0.2, 0.25) is 5.15 Å². The average Bonchev–Trinajstić information content (AvgIpc) is 2.31. The summed E-state index contributed by atoms with van der Waals surface area (Å²) in [6.07, 6.45) is 2.94. The summed E-state index contributed by atoms with van der Waals surface area (Å²) in [5.74, 6) is 0.232. The Kier molecular flexibility index (Phi) is 4.07. The number of sulfonamides is 1. The molecule has 0 aromatic carbocycles. The van der Waals surface area contributed by atoms with Crippen LogP contribution in [0.1, 0.15) is 5.56 Å². The van der Waals surface area contributed by atoms with Gasteiger partial charge in [-0.1, -0.05) is 11.6 Å². The zero-order chi connectivity index (χ0) is 14.0. The molecule has 0 bridgehead atoms. The highest BCUT2D eigenvalue weighted by Gasteiger charge is 2.20. The number of aromatic nitrogens is 2. The maximum absolute atomic E-state index is 12.2. The molecule has 0 amide bonds. The van der Waals surface area contributed by atoms with E-state index in [1.54, 1.807) is 12.1 Å². The van der Waals surface area contributed by atoms with Crippen LogP contribution in [0.5, 0.6) is 0 Å². The molecule has 0 aliphatic rings. The summed E-state index contributed by atoms with van der Waals surface area (Å²) in [6, 6.07) is 4.77. The van der Waals surface area contributed by atoms with Crippen molar-refractivity contribution in [2.45, 2.75) is 11.8 Å². The fourth-order valence-corrected chi connectivity index (χ4v) is 3.32. The van der Waals surface area contributed by atoms with Gasteiger partial charge in [-0.05, 0) is 46.6 Å². The normalized spacial score (nSPS) is 11.3. The second kappa shape index (κ2) is 5.44. The van der Waals surface area contributed by atoms with Crippen LogP contribution in [0.3, 0.4) is 0 Å². The van der Waals surface area contributed by atoms with Crippen molar-refractivity contribution < 1.29 is 8.42 Å². The standard InChI is InChI=1S/C11H9BrClN3O2S/c1-7-2-3-14-10(4-7)16-19(17,18)9-5-8(12)6-15-11(9)13/h2-6H,1H3,(H,14,16). The van der Waals surface area contributed by atoms with Crippen LogP contribution >= 0.6 is 27.5 Å². The van der Waals surface area contributed by atoms with E-state index in [4.69, 9.17) is 11.6 Å². The molecule has 5 nitrogen and oxygen atoms in total. The molecule has 0 aliphatic heterocycles. The first-order chi connectivity index (χ1) is 8.88. The highest BCUT2D eigenvalue weighted by Crippen LogP contribution is 2.24. The van der Waals surface area contributed by atoms with Crippen LogP contribution in [-0.4, -0.2) is 18.4 Å². The van der Waals surface area contributed by atoms with Crippen LogP contribution in [0.4, 0.5) is 5.82 Å². The van der Waals surface area contributed by atoms with E-state index in [0.29, 0.717) is 4.47 Å². The van der Waals surface area contributed by atoms with E-state index in [-0.39, 0.29) is 15.9 Å². The lowest BCUT2D eigenvalue weighted by Gasteiger charge is -2.09. The third kappa shape index (κ3) is 3.43. The first-order valence-corrected chi connectivity index (χ1v) is 7.80. The van der Waals surface area contributed by atoms with Crippen molar-refractivity contribution in [3.63, 3.8) is 0 Å². The van der Waals surface area contributed by atoms with E-state index in [2.05, 4.69) is 30.6 Å². The Balaban J connectivity index is 2.40. The fourth-order valence-electron chi connectivity index (χ4n) is 1.38. The van der Waals surface area contributed by atoms with Gasteiger partial charge < -0.3 is 0 Å². The molecular weight excluding hydrogens is 354 g/mol. The highest BCUT2D eigenvalue weighted by molar-refractivity contribution is 9.10. The first-order valence-electron chi connectivity index (χ1n) is 5.15. The molecule has 2 heterocycles. The van der Waals surface area contributed by atoms with Crippen LogP contribution in [-0.2, 0) is 10.0 Å². The van der Waals surface area contributed by atoms with Gasteiger partial charge in [-0.2, -0.15) is 0 Å². The molecule has 0 aliphatic carbocycles. The average molecular weight is 363 g/mol.